The van der Waals surface area contributed by atoms with Gasteiger partial charge in [0.15, 0.2) is 11.0 Å². The van der Waals surface area contributed by atoms with E-state index in [-0.39, 0.29) is 17.4 Å². The number of anilines is 1. The van der Waals surface area contributed by atoms with Crippen LogP contribution in [0.4, 0.5) is 5.69 Å². The Morgan fingerprint density at radius 1 is 1.10 bits per heavy atom. The number of hydrogen-bond acceptors (Lipinski definition) is 4. The zero-order valence-corrected chi connectivity index (χ0v) is 19.0. The lowest BCUT2D eigenvalue weighted by Gasteiger charge is -2.22. The van der Waals surface area contributed by atoms with Crippen LogP contribution in [0.15, 0.2) is 53.7 Å². The van der Waals surface area contributed by atoms with Crippen molar-refractivity contribution in [2.75, 3.05) is 10.7 Å². The fourth-order valence-electron chi connectivity index (χ4n) is 3.95. The van der Waals surface area contributed by atoms with E-state index in [1.54, 1.807) is 0 Å². The number of carbonyl (C=O) groups excluding carboxylic acids is 1. The molecule has 0 saturated heterocycles. The average Bonchev–Trinajstić information content (AvgIpc) is 3.24. The van der Waals surface area contributed by atoms with E-state index in [0.29, 0.717) is 5.75 Å². The van der Waals surface area contributed by atoms with Gasteiger partial charge in [-0.15, -0.1) is 10.2 Å². The van der Waals surface area contributed by atoms with Crippen molar-refractivity contribution in [3.8, 4) is 11.4 Å². The molecule has 0 bridgehead atoms. The van der Waals surface area contributed by atoms with Crippen LogP contribution < -0.4 is 4.90 Å². The lowest BCUT2D eigenvalue weighted by Crippen LogP contribution is -2.37. The van der Waals surface area contributed by atoms with Gasteiger partial charge in [-0.2, -0.15) is 0 Å². The molecule has 2 aromatic carbocycles. The van der Waals surface area contributed by atoms with Crippen molar-refractivity contribution in [3.05, 3.63) is 59.7 Å². The third kappa shape index (κ3) is 3.88. The number of aromatic nitrogens is 3. The second-order valence-corrected chi connectivity index (χ2v) is 9.87. The SMILES string of the molecule is CC1Cc2ccccc2N1C(=O)CSc1nnc(-c2ccc(C(C)(C)C)cc2)n1C. The Bertz CT molecular complexity index is 1070. The number of hydrogen-bond donors (Lipinski definition) is 0. The van der Waals surface area contributed by atoms with E-state index in [1.165, 1.54) is 22.9 Å². The zero-order chi connectivity index (χ0) is 21.5. The highest BCUT2D eigenvalue weighted by molar-refractivity contribution is 7.99. The van der Waals surface area contributed by atoms with E-state index in [0.717, 1.165) is 28.7 Å². The lowest BCUT2D eigenvalue weighted by molar-refractivity contribution is -0.116. The summed E-state index contributed by atoms with van der Waals surface area (Å²) in [5, 5.41) is 9.45. The smallest absolute Gasteiger partial charge is 0.237 e. The minimum absolute atomic E-state index is 0.108. The van der Waals surface area contributed by atoms with Crippen LogP contribution in [0, 0.1) is 0 Å². The Morgan fingerprint density at radius 3 is 2.50 bits per heavy atom. The van der Waals surface area contributed by atoms with Crippen LogP contribution in [-0.2, 0) is 23.7 Å². The lowest BCUT2D eigenvalue weighted by atomic mass is 9.87. The first-order chi connectivity index (χ1) is 14.3. The van der Waals surface area contributed by atoms with Gasteiger partial charge in [-0.05, 0) is 36.0 Å². The molecule has 6 heteroatoms. The molecule has 0 radical (unpaired) electrons. The summed E-state index contributed by atoms with van der Waals surface area (Å²) in [7, 11) is 1.95. The summed E-state index contributed by atoms with van der Waals surface area (Å²) >= 11 is 1.44. The van der Waals surface area contributed by atoms with Gasteiger partial charge in [0.25, 0.3) is 0 Å². The van der Waals surface area contributed by atoms with E-state index < -0.39 is 0 Å². The summed E-state index contributed by atoms with van der Waals surface area (Å²) in [6, 6.07) is 16.8. The van der Waals surface area contributed by atoms with Crippen molar-refractivity contribution in [2.24, 2.45) is 7.05 Å². The quantitative estimate of drug-likeness (QED) is 0.566. The van der Waals surface area contributed by atoms with Gasteiger partial charge in [0.05, 0.1) is 5.75 Å². The normalized spacial score (nSPS) is 16.0. The molecule has 3 aromatic rings. The minimum Gasteiger partial charge on any atom is -0.308 e. The Balaban J connectivity index is 1.47. The third-order valence-corrected chi connectivity index (χ3v) is 6.65. The first kappa shape index (κ1) is 20.7. The fourth-order valence-corrected chi connectivity index (χ4v) is 4.72. The molecule has 1 atom stereocenters. The number of para-hydroxylation sites is 1. The van der Waals surface area contributed by atoms with Crippen LogP contribution in [0.1, 0.15) is 38.8 Å². The van der Waals surface area contributed by atoms with Crippen molar-refractivity contribution in [2.45, 2.75) is 50.7 Å². The third-order valence-electron chi connectivity index (χ3n) is 5.64. The Labute approximate surface area is 182 Å². The summed E-state index contributed by atoms with van der Waals surface area (Å²) in [5.74, 6) is 1.26. The van der Waals surface area contributed by atoms with Gasteiger partial charge in [0, 0.05) is 24.3 Å². The number of amides is 1. The van der Waals surface area contributed by atoms with Gasteiger partial charge in [-0.25, -0.2) is 0 Å². The van der Waals surface area contributed by atoms with Gasteiger partial charge >= 0.3 is 0 Å². The number of rotatable bonds is 4. The number of carbonyl (C=O) groups is 1. The van der Waals surface area contributed by atoms with Gasteiger partial charge < -0.3 is 9.47 Å². The van der Waals surface area contributed by atoms with Gasteiger partial charge in [0.2, 0.25) is 5.91 Å². The van der Waals surface area contributed by atoms with E-state index in [9.17, 15) is 4.79 Å². The van der Waals surface area contributed by atoms with Crippen molar-refractivity contribution >= 4 is 23.4 Å². The molecule has 1 unspecified atom stereocenters. The van der Waals surface area contributed by atoms with Crippen molar-refractivity contribution < 1.29 is 4.79 Å². The summed E-state index contributed by atoms with van der Waals surface area (Å²) in [6.07, 6.45) is 0.908. The Kier molecular flexibility index (Phi) is 5.45. The first-order valence-corrected chi connectivity index (χ1v) is 11.3. The molecule has 0 aliphatic carbocycles. The van der Waals surface area contributed by atoms with Gasteiger partial charge in [-0.1, -0.05) is 75.0 Å². The molecule has 156 valence electrons. The van der Waals surface area contributed by atoms with E-state index in [2.05, 4.69) is 68.2 Å². The summed E-state index contributed by atoms with van der Waals surface area (Å²) < 4.78 is 1.96. The fraction of sp³-hybridized carbons (Fsp3) is 0.375. The van der Waals surface area contributed by atoms with Crippen LogP contribution in [-0.4, -0.2) is 32.5 Å². The topological polar surface area (TPSA) is 51.0 Å². The molecular weight excluding hydrogens is 392 g/mol. The van der Waals surface area contributed by atoms with Crippen LogP contribution in [0.3, 0.4) is 0 Å². The molecule has 1 aliphatic rings. The van der Waals surface area contributed by atoms with E-state index >= 15 is 0 Å². The number of benzene rings is 2. The van der Waals surface area contributed by atoms with Gasteiger partial charge in [-0.3, -0.25) is 4.79 Å². The highest BCUT2D eigenvalue weighted by Gasteiger charge is 2.30. The molecule has 0 fully saturated rings. The maximum atomic E-state index is 13.0. The first-order valence-electron chi connectivity index (χ1n) is 10.3. The van der Waals surface area contributed by atoms with Crippen LogP contribution in [0.25, 0.3) is 11.4 Å². The molecule has 4 rings (SSSR count). The maximum Gasteiger partial charge on any atom is 0.237 e. The van der Waals surface area contributed by atoms with Crippen molar-refractivity contribution in [1.82, 2.24) is 14.8 Å². The monoisotopic (exact) mass is 420 g/mol. The predicted octanol–water partition coefficient (Wildman–Crippen LogP) is 4.85. The molecule has 1 aromatic heterocycles. The summed E-state index contributed by atoms with van der Waals surface area (Å²) in [5.41, 5.74) is 4.70. The largest absolute Gasteiger partial charge is 0.308 e. The number of thioether (sulfide) groups is 1. The molecule has 5 nitrogen and oxygen atoms in total. The molecule has 30 heavy (non-hydrogen) atoms. The van der Waals surface area contributed by atoms with Crippen molar-refractivity contribution in [1.29, 1.82) is 0 Å². The number of nitrogens with zero attached hydrogens (tertiary/aromatic N) is 4. The maximum absolute atomic E-state index is 13.0. The van der Waals surface area contributed by atoms with E-state index in [1.807, 2.05) is 34.7 Å². The zero-order valence-electron chi connectivity index (χ0n) is 18.2. The molecule has 0 saturated carbocycles. The second kappa shape index (κ2) is 7.91. The highest BCUT2D eigenvalue weighted by Crippen LogP contribution is 2.33. The molecular formula is C24H28N4OS. The predicted molar refractivity (Wildman–Crippen MR) is 123 cm³/mol. The van der Waals surface area contributed by atoms with Gasteiger partial charge in [0.1, 0.15) is 0 Å². The second-order valence-electron chi connectivity index (χ2n) is 8.93. The number of fused-ring (bicyclic) bond motifs is 1. The Hall–Kier alpha value is -2.60. The molecule has 2 heterocycles. The van der Waals surface area contributed by atoms with Crippen LogP contribution in [0.2, 0.25) is 0 Å². The van der Waals surface area contributed by atoms with Crippen molar-refractivity contribution in [3.63, 3.8) is 0 Å². The summed E-state index contributed by atoms with van der Waals surface area (Å²) in [6.45, 7) is 8.71. The van der Waals surface area contributed by atoms with Crippen LogP contribution >= 0.6 is 11.8 Å². The highest BCUT2D eigenvalue weighted by atomic mass is 32.2. The molecule has 0 spiro atoms. The molecule has 0 N–H and O–H groups in total. The minimum atomic E-state index is 0.108. The van der Waals surface area contributed by atoms with Crippen LogP contribution in [0.5, 0.6) is 0 Å². The average molecular weight is 421 g/mol. The summed E-state index contributed by atoms with van der Waals surface area (Å²) in [4.78, 5) is 14.9. The Morgan fingerprint density at radius 2 is 1.80 bits per heavy atom. The van der Waals surface area contributed by atoms with E-state index in [4.69, 9.17) is 0 Å². The standard InChI is InChI=1S/C24H28N4OS/c1-16-14-18-8-6-7-9-20(18)28(16)21(29)15-30-23-26-25-22(27(23)5)17-10-12-19(13-11-17)24(2,3)4/h6-13,16H,14-15H2,1-5H3. The molecule has 1 amide bonds. The molecule has 1 aliphatic heterocycles.